The molecule has 0 saturated carbocycles. The second kappa shape index (κ2) is 9.18. The van der Waals surface area contributed by atoms with E-state index >= 15 is 0 Å². The average Bonchev–Trinajstić information content (AvgIpc) is 2.62. The van der Waals surface area contributed by atoms with Crippen LogP contribution in [0.4, 0.5) is 4.39 Å². The number of nitrogens with zero attached hydrogens (tertiary/aromatic N) is 1. The first-order valence-corrected chi connectivity index (χ1v) is 8.38. The van der Waals surface area contributed by atoms with Crippen LogP contribution in [-0.2, 0) is 4.79 Å². The second-order valence-corrected chi connectivity index (χ2v) is 5.97. The topological polar surface area (TPSA) is 50.7 Å². The lowest BCUT2D eigenvalue weighted by Gasteiger charge is -2.15. The van der Waals surface area contributed by atoms with E-state index in [9.17, 15) is 9.18 Å². The fraction of sp³-hybridized carbons (Fsp3) is 0.263. The fourth-order valence-electron chi connectivity index (χ4n) is 2.22. The third-order valence-electron chi connectivity index (χ3n) is 3.80. The van der Waals surface area contributed by atoms with Crippen LogP contribution in [0, 0.1) is 5.82 Å². The van der Waals surface area contributed by atoms with Gasteiger partial charge in [-0.25, -0.2) is 9.82 Å². The number of ether oxygens (including phenoxy) is 1. The predicted molar refractivity (Wildman–Crippen MR) is 97.8 cm³/mol. The van der Waals surface area contributed by atoms with Gasteiger partial charge in [0.1, 0.15) is 11.6 Å². The summed E-state index contributed by atoms with van der Waals surface area (Å²) in [5.74, 6) is 0.0560. The molecule has 0 saturated heterocycles. The minimum Gasteiger partial charge on any atom is -0.483 e. The van der Waals surface area contributed by atoms with E-state index in [4.69, 9.17) is 16.3 Å². The summed E-state index contributed by atoms with van der Waals surface area (Å²) in [4.78, 5) is 11.9. The van der Waals surface area contributed by atoms with Crippen molar-refractivity contribution in [3.63, 3.8) is 0 Å². The van der Waals surface area contributed by atoms with Crippen molar-refractivity contribution in [3.8, 4) is 5.75 Å². The summed E-state index contributed by atoms with van der Waals surface area (Å²) in [6.45, 7) is 4.01. The van der Waals surface area contributed by atoms with Gasteiger partial charge in [0, 0.05) is 5.56 Å². The summed E-state index contributed by atoms with van der Waals surface area (Å²) < 4.78 is 19.2. The average molecular weight is 363 g/mol. The van der Waals surface area contributed by atoms with E-state index in [2.05, 4.69) is 24.4 Å². The first-order valence-electron chi connectivity index (χ1n) is 8.00. The van der Waals surface area contributed by atoms with Gasteiger partial charge in [-0.05, 0) is 36.1 Å². The van der Waals surface area contributed by atoms with E-state index in [1.54, 1.807) is 6.07 Å². The zero-order valence-corrected chi connectivity index (χ0v) is 14.9. The molecule has 2 aromatic rings. The Hall–Kier alpha value is -2.40. The Balaban J connectivity index is 1.93. The minimum absolute atomic E-state index is 0.118. The number of hydrogen-bond donors (Lipinski definition) is 1. The normalized spacial score (nSPS) is 12.2. The van der Waals surface area contributed by atoms with Crippen molar-refractivity contribution in [2.24, 2.45) is 5.10 Å². The van der Waals surface area contributed by atoms with Gasteiger partial charge in [-0.1, -0.05) is 49.7 Å². The molecule has 1 atom stereocenters. The molecule has 0 heterocycles. The van der Waals surface area contributed by atoms with Gasteiger partial charge in [-0.2, -0.15) is 5.10 Å². The molecule has 0 fully saturated rings. The van der Waals surface area contributed by atoms with Crippen LogP contribution in [0.15, 0.2) is 47.6 Å². The number of para-hydroxylation sites is 1. The molecule has 25 heavy (non-hydrogen) atoms. The summed E-state index contributed by atoms with van der Waals surface area (Å²) in [6, 6.07) is 11.9. The molecule has 0 radical (unpaired) electrons. The third-order valence-corrected chi connectivity index (χ3v) is 4.13. The fourth-order valence-corrected chi connectivity index (χ4v) is 2.43. The first kappa shape index (κ1) is 18.9. The number of benzene rings is 2. The molecular weight excluding hydrogens is 343 g/mol. The van der Waals surface area contributed by atoms with Crippen LogP contribution in [0.5, 0.6) is 5.75 Å². The zero-order chi connectivity index (χ0) is 18.2. The monoisotopic (exact) mass is 362 g/mol. The van der Waals surface area contributed by atoms with Gasteiger partial charge in [-0.15, -0.1) is 0 Å². The maximum absolute atomic E-state index is 13.6. The number of hydrazone groups is 1. The third kappa shape index (κ3) is 5.29. The Morgan fingerprint density at radius 1 is 1.32 bits per heavy atom. The van der Waals surface area contributed by atoms with Gasteiger partial charge >= 0.3 is 0 Å². The molecule has 1 unspecified atom stereocenters. The van der Waals surface area contributed by atoms with Crippen molar-refractivity contribution in [2.75, 3.05) is 6.61 Å². The molecule has 1 N–H and O–H groups in total. The molecule has 0 aliphatic heterocycles. The Labute approximate surface area is 151 Å². The maximum atomic E-state index is 13.6. The summed E-state index contributed by atoms with van der Waals surface area (Å²) in [6.07, 6.45) is 2.14. The number of hydrogen-bond acceptors (Lipinski definition) is 3. The first-order chi connectivity index (χ1) is 12.0. The van der Waals surface area contributed by atoms with Crippen LogP contribution in [0.1, 0.15) is 37.3 Å². The number of halogens is 2. The van der Waals surface area contributed by atoms with Crippen molar-refractivity contribution < 1.29 is 13.9 Å². The summed E-state index contributed by atoms with van der Waals surface area (Å²) >= 11 is 5.88. The lowest BCUT2D eigenvalue weighted by Crippen LogP contribution is -2.25. The van der Waals surface area contributed by atoms with Gasteiger partial charge in [0.05, 0.1) is 11.2 Å². The lowest BCUT2D eigenvalue weighted by molar-refractivity contribution is -0.123. The van der Waals surface area contributed by atoms with Crippen molar-refractivity contribution in [1.29, 1.82) is 0 Å². The quantitative estimate of drug-likeness (QED) is 0.581. The van der Waals surface area contributed by atoms with Crippen molar-refractivity contribution in [1.82, 2.24) is 5.43 Å². The summed E-state index contributed by atoms with van der Waals surface area (Å²) in [7, 11) is 0. The van der Waals surface area contributed by atoms with E-state index in [0.717, 1.165) is 12.0 Å². The number of nitrogens with one attached hydrogen (secondary N) is 1. The maximum Gasteiger partial charge on any atom is 0.277 e. The molecule has 132 valence electrons. The number of carbonyl (C=O) groups excluding carboxylic acids is 1. The molecular formula is C19H20ClFN2O2. The van der Waals surface area contributed by atoms with Gasteiger partial charge in [0.2, 0.25) is 0 Å². The SMILES string of the molecule is CCC(C)c1ccccc1OCC(=O)NN=Cc1c(F)cccc1Cl. The standard InChI is InChI=1S/C19H20ClFN2O2/c1-3-13(2)14-7-4-5-10-18(14)25-12-19(24)23-22-11-15-16(20)8-6-9-17(15)21/h4-11,13H,3,12H2,1-2H3,(H,23,24). The van der Waals surface area contributed by atoms with E-state index in [-0.39, 0.29) is 17.2 Å². The Morgan fingerprint density at radius 2 is 2.08 bits per heavy atom. The van der Waals surface area contributed by atoms with Gasteiger partial charge in [0.15, 0.2) is 6.61 Å². The lowest BCUT2D eigenvalue weighted by atomic mass is 9.98. The molecule has 4 nitrogen and oxygen atoms in total. The predicted octanol–water partition coefficient (Wildman–Crippen LogP) is 4.52. The van der Waals surface area contributed by atoms with Crippen LogP contribution in [0.3, 0.4) is 0 Å². The molecule has 0 aliphatic carbocycles. The number of carbonyl (C=O) groups is 1. The summed E-state index contributed by atoms with van der Waals surface area (Å²) in [5.41, 5.74) is 3.47. The highest BCUT2D eigenvalue weighted by Gasteiger charge is 2.11. The summed E-state index contributed by atoms with van der Waals surface area (Å²) in [5, 5.41) is 3.94. The van der Waals surface area contributed by atoms with Crippen LogP contribution >= 0.6 is 11.6 Å². The Kier molecular flexibility index (Phi) is 6.95. The van der Waals surface area contributed by atoms with Crippen LogP contribution < -0.4 is 10.2 Å². The minimum atomic E-state index is -0.510. The highest BCUT2D eigenvalue weighted by Crippen LogP contribution is 2.28. The molecule has 0 aromatic heterocycles. The van der Waals surface area contributed by atoms with Crippen LogP contribution in [0.25, 0.3) is 0 Å². The van der Waals surface area contributed by atoms with E-state index < -0.39 is 11.7 Å². The van der Waals surface area contributed by atoms with Crippen molar-refractivity contribution in [3.05, 3.63) is 64.4 Å². The second-order valence-electron chi connectivity index (χ2n) is 5.56. The Morgan fingerprint density at radius 3 is 2.80 bits per heavy atom. The molecule has 0 spiro atoms. The smallest absolute Gasteiger partial charge is 0.277 e. The molecule has 2 rings (SSSR count). The number of rotatable bonds is 7. The van der Waals surface area contributed by atoms with E-state index in [1.165, 1.54) is 18.3 Å². The van der Waals surface area contributed by atoms with Gasteiger partial charge < -0.3 is 4.74 Å². The number of amides is 1. The zero-order valence-electron chi connectivity index (χ0n) is 14.1. The highest BCUT2D eigenvalue weighted by atomic mass is 35.5. The molecule has 1 amide bonds. The van der Waals surface area contributed by atoms with E-state index in [1.807, 2.05) is 24.3 Å². The van der Waals surface area contributed by atoms with Gasteiger partial charge in [-0.3, -0.25) is 4.79 Å². The Bertz CT molecular complexity index is 745. The largest absolute Gasteiger partial charge is 0.483 e. The van der Waals surface area contributed by atoms with Crippen molar-refractivity contribution in [2.45, 2.75) is 26.2 Å². The van der Waals surface area contributed by atoms with Crippen LogP contribution in [0.2, 0.25) is 5.02 Å². The highest BCUT2D eigenvalue weighted by molar-refractivity contribution is 6.33. The van der Waals surface area contributed by atoms with E-state index in [0.29, 0.717) is 11.7 Å². The molecule has 2 aromatic carbocycles. The van der Waals surface area contributed by atoms with Crippen molar-refractivity contribution >= 4 is 23.7 Å². The molecule has 6 heteroatoms. The molecule has 0 bridgehead atoms. The van der Waals surface area contributed by atoms with Gasteiger partial charge in [0.25, 0.3) is 5.91 Å². The molecule has 0 aliphatic rings. The van der Waals surface area contributed by atoms with Crippen LogP contribution in [-0.4, -0.2) is 18.7 Å².